The summed E-state index contributed by atoms with van der Waals surface area (Å²) < 4.78 is 27.0. The van der Waals surface area contributed by atoms with E-state index >= 15 is 0 Å². The third-order valence-corrected chi connectivity index (χ3v) is 3.30. The van der Waals surface area contributed by atoms with Gasteiger partial charge in [-0.15, -0.1) is 0 Å². The molecule has 0 amide bonds. The molecule has 0 aliphatic rings. The maximum atomic E-state index is 13.8. The maximum Gasteiger partial charge on any atom is 0.145 e. The van der Waals surface area contributed by atoms with Crippen molar-refractivity contribution in [3.63, 3.8) is 0 Å². The van der Waals surface area contributed by atoms with Crippen LogP contribution in [0.5, 0.6) is 0 Å². The zero-order valence-corrected chi connectivity index (χ0v) is 11.1. The lowest BCUT2D eigenvalue weighted by molar-refractivity contribution is 0.0564. The summed E-state index contributed by atoms with van der Waals surface area (Å²) in [7, 11) is 0. The molecule has 0 fully saturated rings. The summed E-state index contributed by atoms with van der Waals surface area (Å²) in [5, 5.41) is 10.4. The third kappa shape index (κ3) is 3.11. The van der Waals surface area contributed by atoms with Crippen molar-refractivity contribution in [2.24, 2.45) is 0 Å². The first-order valence-electron chi connectivity index (χ1n) is 5.81. The highest BCUT2D eigenvalue weighted by Gasteiger charge is 2.25. The van der Waals surface area contributed by atoms with Crippen molar-refractivity contribution in [2.75, 3.05) is 0 Å². The molecule has 100 valence electrons. The van der Waals surface area contributed by atoms with Gasteiger partial charge < -0.3 is 5.11 Å². The lowest BCUT2D eigenvalue weighted by atomic mass is 9.89. The first-order valence-corrected chi connectivity index (χ1v) is 6.19. The van der Waals surface area contributed by atoms with E-state index in [0.717, 1.165) is 0 Å². The van der Waals surface area contributed by atoms with Crippen molar-refractivity contribution in [3.05, 3.63) is 70.2 Å². The van der Waals surface area contributed by atoms with E-state index in [1.165, 1.54) is 31.2 Å². The van der Waals surface area contributed by atoms with Crippen LogP contribution in [-0.2, 0) is 12.0 Å². The van der Waals surface area contributed by atoms with E-state index in [4.69, 9.17) is 11.6 Å². The molecule has 0 spiro atoms. The predicted octanol–water partition coefficient (Wildman–Crippen LogP) is 4.07. The van der Waals surface area contributed by atoms with E-state index in [0.29, 0.717) is 11.1 Å². The monoisotopic (exact) mass is 282 g/mol. The van der Waals surface area contributed by atoms with Crippen LogP contribution in [0.1, 0.15) is 18.1 Å². The SMILES string of the molecule is CC(O)(Cc1cccc(Cl)c1F)c1cccc(F)c1. The number of aliphatic hydroxyl groups is 1. The average molecular weight is 283 g/mol. The molecule has 19 heavy (non-hydrogen) atoms. The molecule has 0 heterocycles. The average Bonchev–Trinajstić information content (AvgIpc) is 2.35. The van der Waals surface area contributed by atoms with Gasteiger partial charge in [-0.1, -0.05) is 35.9 Å². The van der Waals surface area contributed by atoms with Crippen LogP contribution in [0, 0.1) is 11.6 Å². The molecule has 0 bridgehead atoms. The van der Waals surface area contributed by atoms with Crippen LogP contribution in [0.25, 0.3) is 0 Å². The highest BCUT2D eigenvalue weighted by molar-refractivity contribution is 6.30. The molecule has 0 saturated carbocycles. The zero-order valence-electron chi connectivity index (χ0n) is 10.3. The summed E-state index contributed by atoms with van der Waals surface area (Å²) in [4.78, 5) is 0. The fourth-order valence-electron chi connectivity index (χ4n) is 1.98. The Kier molecular flexibility index (Phi) is 3.88. The first-order chi connectivity index (χ1) is 8.90. The van der Waals surface area contributed by atoms with Crippen LogP contribution >= 0.6 is 11.6 Å². The number of halogens is 3. The van der Waals surface area contributed by atoms with Gasteiger partial charge in [0.1, 0.15) is 11.6 Å². The van der Waals surface area contributed by atoms with E-state index in [1.54, 1.807) is 18.2 Å². The van der Waals surface area contributed by atoms with E-state index < -0.39 is 17.2 Å². The van der Waals surface area contributed by atoms with Gasteiger partial charge in [0.05, 0.1) is 10.6 Å². The normalized spacial score (nSPS) is 14.2. The van der Waals surface area contributed by atoms with Gasteiger partial charge >= 0.3 is 0 Å². The van der Waals surface area contributed by atoms with Gasteiger partial charge in [-0.2, -0.15) is 0 Å². The number of benzene rings is 2. The quantitative estimate of drug-likeness (QED) is 0.900. The fraction of sp³-hybridized carbons (Fsp3) is 0.200. The Labute approximate surface area is 115 Å². The number of rotatable bonds is 3. The van der Waals surface area contributed by atoms with Crippen molar-refractivity contribution in [2.45, 2.75) is 18.9 Å². The minimum Gasteiger partial charge on any atom is -0.385 e. The van der Waals surface area contributed by atoms with Crippen LogP contribution in [0.4, 0.5) is 8.78 Å². The minimum atomic E-state index is -1.37. The molecule has 2 aromatic carbocycles. The minimum absolute atomic E-state index is 0.00698. The third-order valence-electron chi connectivity index (χ3n) is 3.01. The predicted molar refractivity (Wildman–Crippen MR) is 71.1 cm³/mol. The van der Waals surface area contributed by atoms with E-state index in [2.05, 4.69) is 0 Å². The second kappa shape index (κ2) is 5.27. The van der Waals surface area contributed by atoms with Crippen molar-refractivity contribution in [1.82, 2.24) is 0 Å². The Bertz CT molecular complexity index is 596. The summed E-state index contributed by atoms with van der Waals surface area (Å²) in [5.74, 6) is -0.995. The van der Waals surface area contributed by atoms with Crippen LogP contribution < -0.4 is 0 Å². The standard InChI is InChI=1S/C15H13ClF2O/c1-15(19,11-5-3-6-12(17)8-11)9-10-4-2-7-13(16)14(10)18/h2-8,19H,9H2,1H3. The molecule has 1 atom stereocenters. The van der Waals surface area contributed by atoms with Crippen molar-refractivity contribution >= 4 is 11.6 Å². The molecular formula is C15H13ClF2O. The Morgan fingerprint density at radius 3 is 2.53 bits per heavy atom. The van der Waals surface area contributed by atoms with Crippen LogP contribution in [0.3, 0.4) is 0 Å². The molecule has 1 unspecified atom stereocenters. The molecule has 4 heteroatoms. The highest BCUT2D eigenvalue weighted by atomic mass is 35.5. The number of hydrogen-bond acceptors (Lipinski definition) is 1. The van der Waals surface area contributed by atoms with Crippen molar-refractivity contribution < 1.29 is 13.9 Å². The smallest absolute Gasteiger partial charge is 0.145 e. The van der Waals surface area contributed by atoms with Gasteiger partial charge in [-0.3, -0.25) is 0 Å². The van der Waals surface area contributed by atoms with Crippen molar-refractivity contribution in [3.8, 4) is 0 Å². The Balaban J connectivity index is 2.33. The van der Waals surface area contributed by atoms with Crippen LogP contribution in [0.2, 0.25) is 5.02 Å². The largest absolute Gasteiger partial charge is 0.385 e. The summed E-state index contributed by atoms with van der Waals surface area (Å²) in [6.45, 7) is 1.52. The second-order valence-corrected chi connectivity index (χ2v) is 5.08. The van der Waals surface area contributed by atoms with Crippen LogP contribution in [-0.4, -0.2) is 5.11 Å². The lowest BCUT2D eigenvalue weighted by Gasteiger charge is -2.24. The fourth-order valence-corrected chi connectivity index (χ4v) is 2.18. The molecular weight excluding hydrogens is 270 g/mol. The molecule has 1 N–H and O–H groups in total. The maximum absolute atomic E-state index is 13.8. The molecule has 0 radical (unpaired) electrons. The molecule has 0 aliphatic carbocycles. The summed E-state index contributed by atoms with van der Waals surface area (Å²) >= 11 is 5.70. The van der Waals surface area contributed by atoms with Gasteiger partial charge in [0.15, 0.2) is 0 Å². The lowest BCUT2D eigenvalue weighted by Crippen LogP contribution is -2.25. The molecule has 1 nitrogen and oxygen atoms in total. The summed E-state index contributed by atoms with van der Waals surface area (Å²) in [5.41, 5.74) is -0.679. The molecule has 0 aromatic heterocycles. The van der Waals surface area contributed by atoms with Gasteiger partial charge in [0.2, 0.25) is 0 Å². The van der Waals surface area contributed by atoms with E-state index in [1.807, 2.05) is 0 Å². The number of hydrogen-bond donors (Lipinski definition) is 1. The Morgan fingerprint density at radius 2 is 1.84 bits per heavy atom. The highest BCUT2D eigenvalue weighted by Crippen LogP contribution is 2.28. The summed E-state index contributed by atoms with van der Waals surface area (Å²) in [6.07, 6.45) is 0.0167. The van der Waals surface area contributed by atoms with E-state index in [9.17, 15) is 13.9 Å². The van der Waals surface area contributed by atoms with Crippen molar-refractivity contribution in [1.29, 1.82) is 0 Å². The molecule has 0 saturated heterocycles. The summed E-state index contributed by atoms with van der Waals surface area (Å²) in [6, 6.07) is 10.2. The molecule has 2 rings (SSSR count). The Morgan fingerprint density at radius 1 is 1.16 bits per heavy atom. The van der Waals surface area contributed by atoms with Crippen LogP contribution in [0.15, 0.2) is 42.5 Å². The second-order valence-electron chi connectivity index (χ2n) is 4.67. The van der Waals surface area contributed by atoms with Gasteiger partial charge in [0.25, 0.3) is 0 Å². The van der Waals surface area contributed by atoms with E-state index in [-0.39, 0.29) is 11.4 Å². The first kappa shape index (κ1) is 14.0. The molecule has 2 aromatic rings. The van der Waals surface area contributed by atoms with Gasteiger partial charge in [0, 0.05) is 6.42 Å². The van der Waals surface area contributed by atoms with Gasteiger partial charge in [-0.25, -0.2) is 8.78 Å². The van der Waals surface area contributed by atoms with Gasteiger partial charge in [-0.05, 0) is 36.2 Å². The zero-order chi connectivity index (χ0) is 14.0. The molecule has 0 aliphatic heterocycles. The Hall–Kier alpha value is -1.45. The topological polar surface area (TPSA) is 20.2 Å².